The summed E-state index contributed by atoms with van der Waals surface area (Å²) in [7, 11) is 17.1. The van der Waals surface area contributed by atoms with Crippen LogP contribution in [0.4, 0.5) is 0 Å². The molecule has 0 bridgehead atoms. The Balaban J connectivity index is 0.000000791. The van der Waals surface area contributed by atoms with Crippen molar-refractivity contribution < 1.29 is 0 Å². The molecule has 14 heavy (non-hydrogen) atoms. The van der Waals surface area contributed by atoms with E-state index >= 15 is 0 Å². The lowest BCUT2D eigenvalue weighted by molar-refractivity contribution is 0.859. The highest BCUT2D eigenvalue weighted by molar-refractivity contribution is 7.86. The SMILES string of the molecule is CC.[B]B([B])B([B])B1CCCCB1C. The number of hydrogen-bond acceptors (Lipinski definition) is 0. The summed E-state index contributed by atoms with van der Waals surface area (Å²) in [6.07, 6.45) is 4.74. The standard InChI is InChI=1S/C5H11B7.C2H6/c1-9-4-2-3-5-10(9)12(8)11(6)7;1-2/h2-5H2,1H3;1-2H3. The smallest absolute Gasteiger partial charge is 0.0927 e. The zero-order valence-corrected chi connectivity index (χ0v) is 9.87. The molecule has 66 valence electrons. The van der Waals surface area contributed by atoms with E-state index in [1.807, 2.05) is 13.8 Å². The van der Waals surface area contributed by atoms with Crippen molar-refractivity contribution >= 4 is 49.1 Å². The van der Waals surface area contributed by atoms with Crippen LogP contribution in [0, 0.1) is 0 Å². The molecule has 0 saturated carbocycles. The van der Waals surface area contributed by atoms with Gasteiger partial charge >= 0.3 is 0 Å². The Morgan fingerprint density at radius 1 is 1.00 bits per heavy atom. The summed E-state index contributed by atoms with van der Waals surface area (Å²) in [5.74, 6) is 0. The Morgan fingerprint density at radius 3 is 1.93 bits per heavy atom. The van der Waals surface area contributed by atoms with E-state index < -0.39 is 0 Å². The largest absolute Gasteiger partial charge is 0.0961 e. The molecular weight excluding hydrogens is 160 g/mol. The van der Waals surface area contributed by atoms with Gasteiger partial charge in [-0.1, -0.05) is 46.2 Å². The van der Waals surface area contributed by atoms with E-state index in [1.165, 1.54) is 25.5 Å². The normalized spacial score (nSPS) is 15.6. The topological polar surface area (TPSA) is 0 Å². The molecule has 0 aromatic carbocycles. The molecule has 0 amide bonds. The third-order valence-electron chi connectivity index (χ3n) is 3.12. The van der Waals surface area contributed by atoms with Crippen LogP contribution in [-0.4, -0.2) is 49.1 Å². The quantitative estimate of drug-likeness (QED) is 0.543. The molecule has 0 aliphatic carbocycles. The first-order valence-electron chi connectivity index (χ1n) is 5.89. The van der Waals surface area contributed by atoms with Crippen LogP contribution in [0.2, 0.25) is 19.5 Å². The van der Waals surface area contributed by atoms with Crippen LogP contribution < -0.4 is 0 Å². The van der Waals surface area contributed by atoms with Gasteiger partial charge in [0.1, 0.15) is 0 Å². The lowest BCUT2D eigenvalue weighted by Gasteiger charge is -2.30. The first-order chi connectivity index (χ1) is 6.63. The van der Waals surface area contributed by atoms with Gasteiger partial charge in [-0.15, -0.1) is 0 Å². The van der Waals surface area contributed by atoms with Crippen molar-refractivity contribution in [2.75, 3.05) is 0 Å². The van der Waals surface area contributed by atoms with Gasteiger partial charge in [0.05, 0.1) is 13.1 Å². The van der Waals surface area contributed by atoms with E-state index in [0.29, 0.717) is 13.1 Å². The lowest BCUT2D eigenvalue weighted by atomic mass is 8.66. The molecule has 1 heterocycles. The van der Waals surface area contributed by atoms with E-state index in [9.17, 15) is 0 Å². The van der Waals surface area contributed by atoms with Crippen molar-refractivity contribution in [1.82, 2.24) is 0 Å². The second-order valence-electron chi connectivity index (χ2n) is 4.08. The van der Waals surface area contributed by atoms with E-state index in [4.69, 9.17) is 23.2 Å². The highest BCUT2D eigenvalue weighted by atomic mass is 13.9. The zero-order valence-electron chi connectivity index (χ0n) is 9.87. The van der Waals surface area contributed by atoms with Crippen LogP contribution in [0.5, 0.6) is 0 Å². The number of rotatable bonds is 2. The second kappa shape index (κ2) is 7.71. The third kappa shape index (κ3) is 4.32. The average Bonchev–Trinajstić information content (AvgIpc) is 2.20. The molecule has 0 unspecified atom stereocenters. The van der Waals surface area contributed by atoms with Crippen molar-refractivity contribution in [3.63, 3.8) is 0 Å². The van der Waals surface area contributed by atoms with Gasteiger partial charge in [-0.05, 0) is 0 Å². The van der Waals surface area contributed by atoms with Gasteiger partial charge in [-0.25, -0.2) is 0 Å². The molecular formula is C7H17B7. The molecule has 7 heteroatoms. The summed E-state index contributed by atoms with van der Waals surface area (Å²) in [5, 5.41) is 0. The van der Waals surface area contributed by atoms with Crippen LogP contribution in [0.1, 0.15) is 26.7 Å². The predicted molar refractivity (Wildman–Crippen MR) is 76.3 cm³/mol. The summed E-state index contributed by atoms with van der Waals surface area (Å²) < 4.78 is 0. The van der Waals surface area contributed by atoms with Crippen molar-refractivity contribution in [2.24, 2.45) is 0 Å². The number of hydrogen-bond donors (Lipinski definition) is 0. The van der Waals surface area contributed by atoms with Crippen molar-refractivity contribution in [2.45, 2.75) is 46.2 Å². The Bertz CT molecular complexity index is 140. The minimum absolute atomic E-state index is 0.0136. The van der Waals surface area contributed by atoms with Crippen LogP contribution in [0.3, 0.4) is 0 Å². The molecule has 1 saturated heterocycles. The monoisotopic (exact) mass is 178 g/mol. The predicted octanol–water partition coefficient (Wildman–Crippen LogP) is 0.646. The minimum atomic E-state index is -0.351. The highest BCUT2D eigenvalue weighted by Crippen LogP contribution is 2.19. The Kier molecular flexibility index (Phi) is 7.96. The zero-order chi connectivity index (χ0) is 11.1. The fourth-order valence-corrected chi connectivity index (χ4v) is 2.20. The lowest BCUT2D eigenvalue weighted by Crippen LogP contribution is -2.58. The van der Waals surface area contributed by atoms with E-state index in [0.717, 1.165) is 0 Å². The van der Waals surface area contributed by atoms with Gasteiger partial charge in [0.25, 0.3) is 0 Å². The molecule has 0 nitrogen and oxygen atoms in total. The summed E-state index contributed by atoms with van der Waals surface area (Å²) in [6, 6.07) is 0. The fourth-order valence-electron chi connectivity index (χ4n) is 2.20. The van der Waals surface area contributed by atoms with Gasteiger partial charge < -0.3 is 0 Å². The molecule has 1 rings (SSSR count). The van der Waals surface area contributed by atoms with E-state index in [-0.39, 0.29) is 12.8 Å². The minimum Gasteiger partial charge on any atom is -0.0927 e. The Hall–Kier alpha value is 0.455. The second-order valence-corrected chi connectivity index (χ2v) is 4.08. The van der Waals surface area contributed by atoms with Gasteiger partial charge in [-0.3, -0.25) is 0 Å². The van der Waals surface area contributed by atoms with Crippen LogP contribution in [-0.2, 0) is 0 Å². The van der Waals surface area contributed by atoms with E-state index in [2.05, 4.69) is 6.82 Å². The molecule has 6 radical (unpaired) electrons. The molecule has 0 atom stereocenters. The van der Waals surface area contributed by atoms with Gasteiger partial charge in [0, 0.05) is 36.0 Å². The summed E-state index contributed by atoms with van der Waals surface area (Å²) in [6.45, 7) is 7.49. The first-order valence-corrected chi connectivity index (χ1v) is 5.89. The maximum absolute atomic E-state index is 5.93. The van der Waals surface area contributed by atoms with Crippen LogP contribution in [0.15, 0.2) is 0 Å². The molecule has 0 aromatic heterocycles. The van der Waals surface area contributed by atoms with Gasteiger partial charge in [0.15, 0.2) is 0 Å². The average molecular weight is 177 g/mol. The summed E-state index contributed by atoms with van der Waals surface area (Å²) in [5.41, 5.74) is 0. The Labute approximate surface area is 95.6 Å². The van der Waals surface area contributed by atoms with Gasteiger partial charge in [0.2, 0.25) is 0 Å². The molecule has 0 N–H and O–H groups in total. The first kappa shape index (κ1) is 14.5. The maximum Gasteiger partial charge on any atom is 0.0961 e. The van der Waals surface area contributed by atoms with Gasteiger partial charge in [-0.2, -0.15) is 0 Å². The molecule has 0 aromatic rings. The Morgan fingerprint density at radius 2 is 1.50 bits per heavy atom. The van der Waals surface area contributed by atoms with Crippen LogP contribution in [0.25, 0.3) is 0 Å². The molecule has 0 spiro atoms. The maximum atomic E-state index is 5.93. The highest BCUT2D eigenvalue weighted by Gasteiger charge is 2.33. The molecule has 1 fully saturated rings. The third-order valence-corrected chi connectivity index (χ3v) is 3.12. The van der Waals surface area contributed by atoms with Crippen LogP contribution >= 0.6 is 0 Å². The van der Waals surface area contributed by atoms with Crippen molar-refractivity contribution in [3.05, 3.63) is 0 Å². The molecule has 1 aliphatic rings. The van der Waals surface area contributed by atoms with Crippen molar-refractivity contribution in [1.29, 1.82) is 0 Å². The summed E-state index contributed by atoms with van der Waals surface area (Å²) in [4.78, 5) is 0. The summed E-state index contributed by atoms with van der Waals surface area (Å²) >= 11 is 0. The molecule has 1 aliphatic heterocycles. The fraction of sp³-hybridized carbons (Fsp3) is 1.00. The van der Waals surface area contributed by atoms with E-state index in [1.54, 1.807) is 0 Å². The van der Waals surface area contributed by atoms with Crippen molar-refractivity contribution in [3.8, 4) is 0 Å².